The van der Waals surface area contributed by atoms with Crippen molar-refractivity contribution in [2.75, 3.05) is 5.32 Å². The molecule has 0 fully saturated rings. The molecule has 4 N–H and O–H groups in total. The molecule has 9 nitrogen and oxygen atoms in total. The topological polar surface area (TPSA) is 128 Å². The number of benzene rings is 2. The summed E-state index contributed by atoms with van der Waals surface area (Å²) in [5, 5.41) is 5.44. The number of imidazole rings is 1. The van der Waals surface area contributed by atoms with Gasteiger partial charge in [0.2, 0.25) is 5.95 Å². The fraction of sp³-hybridized carbons (Fsp3) is 0. The minimum Gasteiger partial charge on any atom is -0.339 e. The number of halogens is 1. The molecule has 1 amide bonds. The maximum Gasteiger partial charge on any atom is 0.279 e. The van der Waals surface area contributed by atoms with Crippen molar-refractivity contribution in [3.8, 4) is 11.3 Å². The first kappa shape index (κ1) is 18.0. The van der Waals surface area contributed by atoms with Crippen LogP contribution in [0.5, 0.6) is 0 Å². The van der Waals surface area contributed by atoms with E-state index >= 15 is 0 Å². The summed E-state index contributed by atoms with van der Waals surface area (Å²) in [6, 6.07) is 15.4. The lowest BCUT2D eigenvalue weighted by Crippen LogP contribution is -2.20. The number of carbonyl (C=O) groups excluding carboxylic acids is 1. The molecule has 0 saturated heterocycles. The molecule has 0 unspecified atom stereocenters. The Hall–Kier alpha value is -4.11. The maximum atomic E-state index is 12.9. The van der Waals surface area contributed by atoms with Crippen molar-refractivity contribution >= 4 is 40.1 Å². The Kier molecular flexibility index (Phi) is 4.04. The van der Waals surface area contributed by atoms with Crippen LogP contribution in [0.15, 0.2) is 64.2 Å². The maximum absolute atomic E-state index is 12.9. The van der Waals surface area contributed by atoms with Crippen molar-refractivity contribution in [2.45, 2.75) is 0 Å². The second-order valence-corrected chi connectivity index (χ2v) is 7.02. The number of nitrogens with one attached hydrogen (secondary N) is 4. The average Bonchev–Trinajstić information content (AvgIpc) is 3.27. The van der Waals surface area contributed by atoms with Gasteiger partial charge in [-0.25, -0.2) is 4.98 Å². The zero-order chi connectivity index (χ0) is 20.8. The Morgan fingerprint density at radius 3 is 2.67 bits per heavy atom. The van der Waals surface area contributed by atoms with Gasteiger partial charge in [0.05, 0.1) is 16.7 Å². The van der Waals surface area contributed by atoms with E-state index in [0.29, 0.717) is 21.8 Å². The van der Waals surface area contributed by atoms with Crippen molar-refractivity contribution in [2.24, 2.45) is 0 Å². The number of para-hydroxylation sites is 2. The zero-order valence-corrected chi connectivity index (χ0v) is 15.9. The van der Waals surface area contributed by atoms with Gasteiger partial charge in [-0.3, -0.25) is 24.8 Å². The van der Waals surface area contributed by atoms with E-state index in [2.05, 4.69) is 25.4 Å². The van der Waals surface area contributed by atoms with E-state index in [1.54, 1.807) is 30.3 Å². The van der Waals surface area contributed by atoms with Gasteiger partial charge >= 0.3 is 0 Å². The molecule has 0 bridgehead atoms. The first-order chi connectivity index (χ1) is 14.5. The SMILES string of the molecule is O=C(Nc1nc2ccccc2[nH]1)c1c(=O)[nH]n2c(=O)cc(-c3cccc(Cl)c3)[nH]c12. The first-order valence-corrected chi connectivity index (χ1v) is 9.27. The van der Waals surface area contributed by atoms with Crippen molar-refractivity contribution < 1.29 is 4.79 Å². The molecule has 0 saturated carbocycles. The lowest BCUT2D eigenvalue weighted by molar-refractivity contribution is 0.102. The van der Waals surface area contributed by atoms with Crippen LogP contribution >= 0.6 is 11.6 Å². The van der Waals surface area contributed by atoms with Gasteiger partial charge in [-0.2, -0.15) is 4.52 Å². The molecule has 30 heavy (non-hydrogen) atoms. The van der Waals surface area contributed by atoms with E-state index in [0.717, 1.165) is 10.0 Å². The standard InChI is InChI=1S/C20H13ClN6O3/c21-11-5-3-4-10(8-11)14-9-15(28)27-17(22-14)16(19(30)26-27)18(29)25-20-23-12-6-1-2-7-13(12)24-20/h1-9,22H,(H,26,30)(H2,23,24,25,29). The monoisotopic (exact) mass is 420 g/mol. The molecule has 2 aromatic carbocycles. The molecule has 0 aliphatic rings. The number of rotatable bonds is 3. The number of anilines is 1. The fourth-order valence-electron chi connectivity index (χ4n) is 3.27. The first-order valence-electron chi connectivity index (χ1n) is 8.90. The van der Waals surface area contributed by atoms with Crippen molar-refractivity contribution in [3.63, 3.8) is 0 Å². The van der Waals surface area contributed by atoms with E-state index in [4.69, 9.17) is 11.6 Å². The number of fused-ring (bicyclic) bond motifs is 2. The van der Waals surface area contributed by atoms with Gasteiger partial charge in [0.25, 0.3) is 17.0 Å². The third kappa shape index (κ3) is 2.97. The Morgan fingerprint density at radius 1 is 1.03 bits per heavy atom. The number of carbonyl (C=O) groups is 1. The van der Waals surface area contributed by atoms with Crippen LogP contribution in [0, 0.1) is 0 Å². The highest BCUT2D eigenvalue weighted by Gasteiger charge is 2.21. The van der Waals surface area contributed by atoms with Crippen LogP contribution in [0.4, 0.5) is 5.95 Å². The van der Waals surface area contributed by atoms with Crippen LogP contribution in [0.2, 0.25) is 5.02 Å². The van der Waals surface area contributed by atoms with E-state index in [-0.39, 0.29) is 17.2 Å². The lowest BCUT2D eigenvalue weighted by atomic mass is 10.1. The zero-order valence-electron chi connectivity index (χ0n) is 15.2. The summed E-state index contributed by atoms with van der Waals surface area (Å²) in [5.41, 5.74) is 1.05. The highest BCUT2D eigenvalue weighted by molar-refractivity contribution is 6.30. The van der Waals surface area contributed by atoms with Crippen molar-refractivity contribution in [1.82, 2.24) is 24.6 Å². The van der Waals surface area contributed by atoms with Crippen LogP contribution < -0.4 is 16.4 Å². The number of hydrogen-bond donors (Lipinski definition) is 4. The third-order valence-corrected chi connectivity index (χ3v) is 4.86. The highest BCUT2D eigenvalue weighted by Crippen LogP contribution is 2.21. The van der Waals surface area contributed by atoms with Gasteiger partial charge in [0, 0.05) is 11.1 Å². The van der Waals surface area contributed by atoms with Gasteiger partial charge in [-0.15, -0.1) is 0 Å². The molecule has 5 aromatic rings. The van der Waals surface area contributed by atoms with Crippen LogP contribution in [0.3, 0.4) is 0 Å². The Bertz CT molecular complexity index is 1530. The van der Waals surface area contributed by atoms with Crippen LogP contribution in [0.1, 0.15) is 10.4 Å². The number of aromatic nitrogens is 5. The molecule has 0 radical (unpaired) electrons. The summed E-state index contributed by atoms with van der Waals surface area (Å²) >= 11 is 6.03. The molecular weight excluding hydrogens is 408 g/mol. The Morgan fingerprint density at radius 2 is 1.87 bits per heavy atom. The summed E-state index contributed by atoms with van der Waals surface area (Å²) in [5.74, 6) is -0.523. The normalized spacial score (nSPS) is 11.2. The smallest absolute Gasteiger partial charge is 0.279 e. The summed E-state index contributed by atoms with van der Waals surface area (Å²) in [6.45, 7) is 0. The van der Waals surface area contributed by atoms with Gasteiger partial charge in [-0.1, -0.05) is 35.9 Å². The molecule has 0 spiro atoms. The van der Waals surface area contributed by atoms with Crippen LogP contribution in [-0.4, -0.2) is 30.5 Å². The molecular formula is C20H13ClN6O3. The van der Waals surface area contributed by atoms with E-state index in [9.17, 15) is 14.4 Å². The van der Waals surface area contributed by atoms with Crippen LogP contribution in [0.25, 0.3) is 27.9 Å². The third-order valence-electron chi connectivity index (χ3n) is 4.63. The second kappa shape index (κ2) is 6.75. The molecule has 0 aliphatic heterocycles. The summed E-state index contributed by atoms with van der Waals surface area (Å²) in [7, 11) is 0. The summed E-state index contributed by atoms with van der Waals surface area (Å²) in [4.78, 5) is 48.0. The quantitative estimate of drug-likeness (QED) is 0.357. The molecule has 10 heteroatoms. The molecule has 5 rings (SSSR count). The Labute approximate surface area is 172 Å². The largest absolute Gasteiger partial charge is 0.339 e. The predicted octanol–water partition coefficient (Wildman–Crippen LogP) is 2.76. The van der Waals surface area contributed by atoms with Crippen molar-refractivity contribution in [3.05, 3.63) is 85.9 Å². The molecule has 3 aromatic heterocycles. The number of nitrogens with zero attached hydrogens (tertiary/aromatic N) is 2. The summed E-state index contributed by atoms with van der Waals surface area (Å²) in [6.07, 6.45) is 0. The second-order valence-electron chi connectivity index (χ2n) is 6.59. The van der Waals surface area contributed by atoms with E-state index in [1.807, 2.05) is 18.2 Å². The molecule has 3 heterocycles. The van der Waals surface area contributed by atoms with Gasteiger partial charge in [0.1, 0.15) is 5.56 Å². The molecule has 0 atom stereocenters. The van der Waals surface area contributed by atoms with E-state index < -0.39 is 17.0 Å². The highest BCUT2D eigenvalue weighted by atomic mass is 35.5. The predicted molar refractivity (Wildman–Crippen MR) is 113 cm³/mol. The van der Waals surface area contributed by atoms with Crippen molar-refractivity contribution in [1.29, 1.82) is 0 Å². The minimum atomic E-state index is -0.711. The number of amides is 1. The minimum absolute atomic E-state index is 0.0380. The summed E-state index contributed by atoms with van der Waals surface area (Å²) < 4.78 is 0.990. The average molecular weight is 421 g/mol. The lowest BCUT2D eigenvalue weighted by Gasteiger charge is -2.05. The van der Waals surface area contributed by atoms with Gasteiger partial charge in [0.15, 0.2) is 5.65 Å². The van der Waals surface area contributed by atoms with Gasteiger partial charge < -0.3 is 9.97 Å². The van der Waals surface area contributed by atoms with Gasteiger partial charge in [-0.05, 0) is 29.8 Å². The van der Waals surface area contributed by atoms with Crippen LogP contribution in [-0.2, 0) is 0 Å². The fourth-order valence-corrected chi connectivity index (χ4v) is 3.46. The Balaban J connectivity index is 1.61. The van der Waals surface area contributed by atoms with E-state index in [1.165, 1.54) is 6.07 Å². The molecule has 0 aliphatic carbocycles. The number of H-pyrrole nitrogens is 3. The number of aromatic amines is 3. The number of hydrogen-bond acceptors (Lipinski definition) is 4. The molecule has 148 valence electrons.